The Bertz CT molecular complexity index is 1840. The molecule has 190 valence electrons. The first-order valence-corrected chi connectivity index (χ1v) is 13.4. The SMILES string of the molecule is Cc1ccc(-c2ccc3nc(-c4ccc(-c5ccc6nc(-c7ccc(C)cc7)ccc6n5)cc4)ccc3n2)cc1. The maximum atomic E-state index is 4.89. The van der Waals surface area contributed by atoms with E-state index in [1.54, 1.807) is 0 Å². The van der Waals surface area contributed by atoms with Gasteiger partial charge in [-0.2, -0.15) is 0 Å². The van der Waals surface area contributed by atoms with Gasteiger partial charge in [-0.25, -0.2) is 19.9 Å². The van der Waals surface area contributed by atoms with Gasteiger partial charge in [-0.3, -0.25) is 0 Å². The van der Waals surface area contributed by atoms with Gasteiger partial charge in [0.05, 0.1) is 44.8 Å². The molecule has 0 saturated heterocycles. The Morgan fingerprint density at radius 3 is 0.750 bits per heavy atom. The molecule has 0 aliphatic rings. The predicted molar refractivity (Wildman–Crippen MR) is 164 cm³/mol. The van der Waals surface area contributed by atoms with E-state index < -0.39 is 0 Å². The molecule has 7 aromatic rings. The number of aromatic nitrogens is 4. The summed E-state index contributed by atoms with van der Waals surface area (Å²) in [5.41, 5.74) is 14.1. The van der Waals surface area contributed by atoms with Gasteiger partial charge in [0, 0.05) is 22.3 Å². The fourth-order valence-corrected chi connectivity index (χ4v) is 4.92. The molecule has 40 heavy (non-hydrogen) atoms. The van der Waals surface area contributed by atoms with Crippen molar-refractivity contribution in [1.29, 1.82) is 0 Å². The largest absolute Gasteiger partial charge is 0.246 e. The first-order valence-electron chi connectivity index (χ1n) is 13.4. The first kappa shape index (κ1) is 23.9. The fraction of sp³-hybridized carbons (Fsp3) is 0.0556. The van der Waals surface area contributed by atoms with Crippen LogP contribution < -0.4 is 0 Å². The highest BCUT2D eigenvalue weighted by molar-refractivity contribution is 5.83. The molecule has 0 bridgehead atoms. The minimum Gasteiger partial charge on any atom is -0.246 e. The number of hydrogen-bond acceptors (Lipinski definition) is 4. The van der Waals surface area contributed by atoms with Crippen LogP contribution in [0.3, 0.4) is 0 Å². The molecule has 4 heteroatoms. The van der Waals surface area contributed by atoms with Crippen molar-refractivity contribution < 1.29 is 0 Å². The van der Waals surface area contributed by atoms with Crippen LogP contribution >= 0.6 is 0 Å². The highest BCUT2D eigenvalue weighted by Gasteiger charge is 2.08. The van der Waals surface area contributed by atoms with E-state index in [1.807, 2.05) is 48.5 Å². The van der Waals surface area contributed by atoms with Gasteiger partial charge in [0.25, 0.3) is 0 Å². The Kier molecular flexibility index (Phi) is 5.86. The van der Waals surface area contributed by atoms with E-state index in [0.29, 0.717) is 0 Å². The molecule has 4 heterocycles. The van der Waals surface area contributed by atoms with E-state index in [0.717, 1.165) is 67.1 Å². The second-order valence-corrected chi connectivity index (χ2v) is 10.2. The van der Waals surface area contributed by atoms with Crippen LogP contribution in [0.25, 0.3) is 67.1 Å². The molecule has 0 N–H and O–H groups in total. The molecule has 4 aromatic heterocycles. The summed E-state index contributed by atoms with van der Waals surface area (Å²) in [7, 11) is 0. The molecule has 3 aromatic carbocycles. The quantitative estimate of drug-likeness (QED) is 0.235. The zero-order chi connectivity index (χ0) is 27.1. The van der Waals surface area contributed by atoms with Crippen molar-refractivity contribution in [3.63, 3.8) is 0 Å². The molecule has 0 fully saturated rings. The second-order valence-electron chi connectivity index (χ2n) is 10.2. The highest BCUT2D eigenvalue weighted by Crippen LogP contribution is 2.28. The Hall–Kier alpha value is -5.22. The molecule has 7 rings (SSSR count). The smallest absolute Gasteiger partial charge is 0.0894 e. The number of hydrogen-bond donors (Lipinski definition) is 0. The number of benzene rings is 3. The molecular formula is C36H26N4. The summed E-state index contributed by atoms with van der Waals surface area (Å²) in [6, 6.07) is 41.6. The zero-order valence-corrected chi connectivity index (χ0v) is 22.3. The third-order valence-electron chi connectivity index (χ3n) is 7.26. The van der Waals surface area contributed by atoms with Crippen molar-refractivity contribution in [2.24, 2.45) is 0 Å². The normalized spacial score (nSPS) is 11.2. The molecule has 0 atom stereocenters. The van der Waals surface area contributed by atoms with E-state index in [1.165, 1.54) is 11.1 Å². The second kappa shape index (κ2) is 9.83. The highest BCUT2D eigenvalue weighted by atomic mass is 14.8. The van der Waals surface area contributed by atoms with Crippen LogP contribution in [0.1, 0.15) is 11.1 Å². The van der Waals surface area contributed by atoms with Crippen molar-refractivity contribution in [3.05, 3.63) is 132 Å². The Balaban J connectivity index is 1.14. The van der Waals surface area contributed by atoms with Gasteiger partial charge in [-0.1, -0.05) is 83.9 Å². The molecule has 0 amide bonds. The van der Waals surface area contributed by atoms with Crippen LogP contribution in [0.15, 0.2) is 121 Å². The fourth-order valence-electron chi connectivity index (χ4n) is 4.92. The summed E-state index contributed by atoms with van der Waals surface area (Å²) < 4.78 is 0. The summed E-state index contributed by atoms with van der Waals surface area (Å²) in [5, 5.41) is 0. The van der Waals surface area contributed by atoms with Gasteiger partial charge in [-0.05, 0) is 62.4 Å². The minimum atomic E-state index is 0.881. The monoisotopic (exact) mass is 514 g/mol. The van der Waals surface area contributed by atoms with Gasteiger partial charge < -0.3 is 0 Å². The lowest BCUT2D eigenvalue weighted by atomic mass is 10.0. The van der Waals surface area contributed by atoms with Crippen LogP contribution in [-0.2, 0) is 0 Å². The lowest BCUT2D eigenvalue weighted by molar-refractivity contribution is 1.32. The third kappa shape index (κ3) is 4.61. The zero-order valence-electron chi connectivity index (χ0n) is 22.3. The summed E-state index contributed by atoms with van der Waals surface area (Å²) in [6.45, 7) is 4.18. The van der Waals surface area contributed by atoms with Crippen LogP contribution in [0.2, 0.25) is 0 Å². The number of pyridine rings is 4. The molecule has 0 aliphatic carbocycles. The van der Waals surface area contributed by atoms with Crippen molar-refractivity contribution >= 4 is 22.1 Å². The predicted octanol–water partition coefficient (Wildman–Crippen LogP) is 8.86. The molecular weight excluding hydrogens is 488 g/mol. The Labute approximate surface area is 233 Å². The van der Waals surface area contributed by atoms with Crippen LogP contribution in [0.4, 0.5) is 0 Å². The lowest BCUT2D eigenvalue weighted by Gasteiger charge is -2.08. The van der Waals surface area contributed by atoms with E-state index >= 15 is 0 Å². The number of fused-ring (bicyclic) bond motifs is 2. The number of nitrogens with zero attached hydrogens (tertiary/aromatic N) is 4. The average Bonchev–Trinajstić information content (AvgIpc) is 3.01. The van der Waals surface area contributed by atoms with Gasteiger partial charge in [-0.15, -0.1) is 0 Å². The van der Waals surface area contributed by atoms with E-state index in [-0.39, 0.29) is 0 Å². The minimum absolute atomic E-state index is 0.881. The van der Waals surface area contributed by atoms with Crippen molar-refractivity contribution in [2.45, 2.75) is 13.8 Å². The summed E-state index contributed by atoms with van der Waals surface area (Å²) in [4.78, 5) is 19.5. The van der Waals surface area contributed by atoms with Gasteiger partial charge in [0.15, 0.2) is 0 Å². The average molecular weight is 515 g/mol. The molecule has 0 unspecified atom stereocenters. The van der Waals surface area contributed by atoms with E-state index in [9.17, 15) is 0 Å². The first-order chi connectivity index (χ1) is 19.6. The van der Waals surface area contributed by atoms with E-state index in [4.69, 9.17) is 19.9 Å². The molecule has 0 aliphatic heterocycles. The maximum absolute atomic E-state index is 4.89. The standard InChI is InChI=1S/C36H26N4/c1-23-3-7-25(8-4-23)29-15-19-35-33(37-29)21-17-31(39-35)27-11-13-28(14-12-27)32-18-22-34-36(40-32)20-16-30(38-34)26-9-5-24(2)6-10-26/h3-22H,1-2H3. The Morgan fingerprint density at radius 1 is 0.275 bits per heavy atom. The topological polar surface area (TPSA) is 51.6 Å². The van der Waals surface area contributed by atoms with Crippen LogP contribution in [0, 0.1) is 13.8 Å². The summed E-state index contributed by atoms with van der Waals surface area (Å²) >= 11 is 0. The van der Waals surface area contributed by atoms with E-state index in [2.05, 4.69) is 86.6 Å². The van der Waals surface area contributed by atoms with Gasteiger partial charge in [0.2, 0.25) is 0 Å². The molecule has 0 spiro atoms. The van der Waals surface area contributed by atoms with Crippen molar-refractivity contribution in [1.82, 2.24) is 19.9 Å². The van der Waals surface area contributed by atoms with Gasteiger partial charge >= 0.3 is 0 Å². The third-order valence-corrected chi connectivity index (χ3v) is 7.26. The molecule has 0 saturated carbocycles. The lowest BCUT2D eigenvalue weighted by Crippen LogP contribution is -1.91. The number of aryl methyl sites for hydroxylation is 2. The van der Waals surface area contributed by atoms with Crippen LogP contribution in [0.5, 0.6) is 0 Å². The summed E-state index contributed by atoms with van der Waals surface area (Å²) in [6.07, 6.45) is 0. The van der Waals surface area contributed by atoms with Crippen molar-refractivity contribution in [2.75, 3.05) is 0 Å². The number of rotatable bonds is 4. The molecule has 0 radical (unpaired) electrons. The maximum Gasteiger partial charge on any atom is 0.0894 e. The molecule has 4 nitrogen and oxygen atoms in total. The van der Waals surface area contributed by atoms with Crippen molar-refractivity contribution in [3.8, 4) is 45.0 Å². The van der Waals surface area contributed by atoms with Gasteiger partial charge in [0.1, 0.15) is 0 Å². The Morgan fingerprint density at radius 2 is 0.500 bits per heavy atom. The summed E-state index contributed by atoms with van der Waals surface area (Å²) in [5.74, 6) is 0. The van der Waals surface area contributed by atoms with Crippen LogP contribution in [-0.4, -0.2) is 19.9 Å².